The van der Waals surface area contributed by atoms with Crippen LogP contribution >= 0.6 is 0 Å². The fourth-order valence-electron chi connectivity index (χ4n) is 2.16. The molecule has 0 fully saturated rings. The van der Waals surface area contributed by atoms with Gasteiger partial charge in [0.25, 0.3) is 11.5 Å². The summed E-state index contributed by atoms with van der Waals surface area (Å²) >= 11 is 0. The molecule has 1 amide bonds. The highest BCUT2D eigenvalue weighted by Gasteiger charge is 2.17. The van der Waals surface area contributed by atoms with Crippen LogP contribution in [0.4, 0.5) is 0 Å². The average molecular weight is 273 g/mol. The van der Waals surface area contributed by atoms with E-state index in [4.69, 9.17) is 0 Å². The molecule has 0 unspecified atom stereocenters. The van der Waals surface area contributed by atoms with Crippen molar-refractivity contribution in [2.75, 3.05) is 13.6 Å². The number of nitrogens with zero attached hydrogens (tertiary/aromatic N) is 2. The molecule has 0 aliphatic carbocycles. The number of hydrogen-bond acceptors (Lipinski definition) is 3. The number of aromatic nitrogens is 2. The molecule has 1 aromatic carbocycles. The minimum absolute atomic E-state index is 0.159. The second kappa shape index (κ2) is 6.32. The number of fused-ring (bicyclic) bond motifs is 1. The summed E-state index contributed by atoms with van der Waals surface area (Å²) in [4.78, 5) is 25.8. The van der Waals surface area contributed by atoms with Gasteiger partial charge in [0.05, 0.1) is 5.39 Å². The van der Waals surface area contributed by atoms with Gasteiger partial charge in [0, 0.05) is 19.0 Å². The molecule has 0 radical (unpaired) electrons. The Morgan fingerprint density at radius 1 is 1.25 bits per heavy atom. The first kappa shape index (κ1) is 14.2. The second-order valence-electron chi connectivity index (χ2n) is 4.88. The Morgan fingerprint density at radius 3 is 2.65 bits per heavy atom. The fraction of sp³-hybridized carbons (Fsp3) is 0.400. The number of carbonyl (C=O) groups is 1. The van der Waals surface area contributed by atoms with Gasteiger partial charge in [0.2, 0.25) is 0 Å². The number of benzene rings is 1. The molecule has 1 aromatic heterocycles. The molecule has 0 bridgehead atoms. The first-order valence-corrected chi connectivity index (χ1v) is 6.88. The van der Waals surface area contributed by atoms with Gasteiger partial charge in [-0.1, -0.05) is 38.0 Å². The van der Waals surface area contributed by atoms with Crippen molar-refractivity contribution in [3.05, 3.63) is 40.3 Å². The van der Waals surface area contributed by atoms with Crippen LogP contribution in [0.2, 0.25) is 0 Å². The van der Waals surface area contributed by atoms with Gasteiger partial charge in [0.15, 0.2) is 5.69 Å². The Hall–Kier alpha value is -2.17. The van der Waals surface area contributed by atoms with Gasteiger partial charge in [-0.15, -0.1) is 0 Å². The third kappa shape index (κ3) is 2.87. The summed E-state index contributed by atoms with van der Waals surface area (Å²) in [7, 11) is 1.76. The van der Waals surface area contributed by atoms with E-state index in [1.165, 1.54) is 0 Å². The first-order chi connectivity index (χ1) is 9.65. The zero-order valence-corrected chi connectivity index (χ0v) is 11.8. The van der Waals surface area contributed by atoms with Crippen LogP contribution in [-0.2, 0) is 0 Å². The maximum atomic E-state index is 12.4. The Kier molecular flexibility index (Phi) is 4.50. The molecular formula is C15H19N3O2. The largest absolute Gasteiger partial charge is 0.340 e. The van der Waals surface area contributed by atoms with Gasteiger partial charge < -0.3 is 4.90 Å². The predicted octanol–water partition coefficient (Wildman–Crippen LogP) is 2.19. The van der Waals surface area contributed by atoms with E-state index in [0.717, 1.165) is 19.3 Å². The molecule has 5 nitrogen and oxygen atoms in total. The molecule has 20 heavy (non-hydrogen) atoms. The molecule has 0 aliphatic rings. The SMILES string of the molecule is CCCCCN(C)C(=O)c1n[nH]c(=O)c2ccccc12. The zero-order chi connectivity index (χ0) is 14.5. The average Bonchev–Trinajstić information content (AvgIpc) is 2.47. The Bertz CT molecular complexity index is 663. The van der Waals surface area contributed by atoms with Crippen LogP contribution in [0.5, 0.6) is 0 Å². The molecule has 1 N–H and O–H groups in total. The smallest absolute Gasteiger partial charge is 0.274 e. The highest BCUT2D eigenvalue weighted by molar-refractivity contribution is 6.04. The zero-order valence-electron chi connectivity index (χ0n) is 11.8. The van der Waals surface area contributed by atoms with Crippen LogP contribution in [0.1, 0.15) is 36.7 Å². The van der Waals surface area contributed by atoms with Crippen LogP contribution in [0.3, 0.4) is 0 Å². The van der Waals surface area contributed by atoms with Gasteiger partial charge in [0.1, 0.15) is 0 Å². The third-order valence-electron chi connectivity index (χ3n) is 3.34. The van der Waals surface area contributed by atoms with E-state index in [2.05, 4.69) is 17.1 Å². The fourth-order valence-corrected chi connectivity index (χ4v) is 2.16. The lowest BCUT2D eigenvalue weighted by Crippen LogP contribution is -2.30. The monoisotopic (exact) mass is 273 g/mol. The summed E-state index contributed by atoms with van der Waals surface area (Å²) in [6, 6.07) is 7.03. The Balaban J connectivity index is 2.31. The Morgan fingerprint density at radius 2 is 1.95 bits per heavy atom. The van der Waals surface area contributed by atoms with E-state index >= 15 is 0 Å². The number of carbonyl (C=O) groups excluding carboxylic acids is 1. The maximum absolute atomic E-state index is 12.4. The number of hydrogen-bond donors (Lipinski definition) is 1. The lowest BCUT2D eigenvalue weighted by molar-refractivity contribution is 0.0788. The highest BCUT2D eigenvalue weighted by Crippen LogP contribution is 2.14. The summed E-state index contributed by atoms with van der Waals surface area (Å²) in [5.74, 6) is -0.159. The summed E-state index contributed by atoms with van der Waals surface area (Å²) in [5.41, 5.74) is 0.0324. The molecule has 2 rings (SSSR count). The Labute approximate surface area is 117 Å². The number of unbranched alkanes of at least 4 members (excludes halogenated alkanes) is 2. The number of aromatic amines is 1. The van der Waals surface area contributed by atoms with Crippen molar-refractivity contribution in [1.82, 2.24) is 15.1 Å². The van der Waals surface area contributed by atoms with Crippen molar-refractivity contribution in [3.8, 4) is 0 Å². The van der Waals surface area contributed by atoms with E-state index in [9.17, 15) is 9.59 Å². The van der Waals surface area contributed by atoms with E-state index < -0.39 is 0 Å². The molecule has 0 saturated heterocycles. The lowest BCUT2D eigenvalue weighted by atomic mass is 10.1. The van der Waals surface area contributed by atoms with Crippen molar-refractivity contribution in [1.29, 1.82) is 0 Å². The van der Waals surface area contributed by atoms with Crippen LogP contribution in [0, 0.1) is 0 Å². The first-order valence-electron chi connectivity index (χ1n) is 6.88. The molecule has 2 aromatic rings. The van der Waals surface area contributed by atoms with Gasteiger partial charge >= 0.3 is 0 Å². The molecule has 0 atom stereocenters. The molecular weight excluding hydrogens is 254 g/mol. The van der Waals surface area contributed by atoms with E-state index in [0.29, 0.717) is 23.0 Å². The standard InChI is InChI=1S/C15H19N3O2/c1-3-4-7-10-18(2)15(20)13-11-8-5-6-9-12(11)14(19)17-16-13/h5-6,8-9H,3-4,7,10H2,1-2H3,(H,17,19). The summed E-state index contributed by atoms with van der Waals surface area (Å²) in [6.45, 7) is 2.82. The van der Waals surface area contributed by atoms with Gasteiger partial charge in [-0.05, 0) is 12.5 Å². The van der Waals surface area contributed by atoms with E-state index in [-0.39, 0.29) is 11.5 Å². The number of rotatable bonds is 5. The van der Waals surface area contributed by atoms with E-state index in [1.807, 2.05) is 0 Å². The summed E-state index contributed by atoms with van der Waals surface area (Å²) in [6.07, 6.45) is 3.18. The molecule has 0 spiro atoms. The number of H-pyrrole nitrogens is 1. The minimum atomic E-state index is -0.272. The van der Waals surface area contributed by atoms with Gasteiger partial charge in [-0.3, -0.25) is 9.59 Å². The molecule has 106 valence electrons. The molecule has 0 saturated carbocycles. The van der Waals surface area contributed by atoms with Gasteiger partial charge in [-0.25, -0.2) is 5.10 Å². The highest BCUT2D eigenvalue weighted by atomic mass is 16.2. The van der Waals surface area contributed by atoms with Crippen molar-refractivity contribution in [2.24, 2.45) is 0 Å². The van der Waals surface area contributed by atoms with Crippen LogP contribution in [0.25, 0.3) is 10.8 Å². The van der Waals surface area contributed by atoms with Crippen LogP contribution in [0.15, 0.2) is 29.1 Å². The minimum Gasteiger partial charge on any atom is -0.340 e. The lowest BCUT2D eigenvalue weighted by Gasteiger charge is -2.17. The molecule has 1 heterocycles. The quantitative estimate of drug-likeness (QED) is 0.849. The van der Waals surface area contributed by atoms with Crippen molar-refractivity contribution in [3.63, 3.8) is 0 Å². The van der Waals surface area contributed by atoms with Crippen LogP contribution in [-0.4, -0.2) is 34.6 Å². The van der Waals surface area contributed by atoms with Crippen LogP contribution < -0.4 is 5.56 Å². The normalized spacial score (nSPS) is 10.7. The molecule has 5 heteroatoms. The number of amides is 1. The summed E-state index contributed by atoms with van der Waals surface area (Å²) < 4.78 is 0. The number of nitrogens with one attached hydrogen (secondary N) is 1. The van der Waals surface area contributed by atoms with Crippen molar-refractivity contribution >= 4 is 16.7 Å². The van der Waals surface area contributed by atoms with Crippen molar-refractivity contribution < 1.29 is 4.79 Å². The van der Waals surface area contributed by atoms with Gasteiger partial charge in [-0.2, -0.15) is 5.10 Å². The maximum Gasteiger partial charge on any atom is 0.274 e. The summed E-state index contributed by atoms with van der Waals surface area (Å²) in [5, 5.41) is 7.41. The third-order valence-corrected chi connectivity index (χ3v) is 3.34. The van der Waals surface area contributed by atoms with E-state index in [1.54, 1.807) is 36.2 Å². The second-order valence-corrected chi connectivity index (χ2v) is 4.88. The molecule has 0 aliphatic heterocycles. The predicted molar refractivity (Wildman–Crippen MR) is 78.8 cm³/mol. The van der Waals surface area contributed by atoms with Crippen molar-refractivity contribution in [2.45, 2.75) is 26.2 Å². The topological polar surface area (TPSA) is 66.1 Å².